The van der Waals surface area contributed by atoms with Gasteiger partial charge in [0.1, 0.15) is 22.4 Å². The Kier molecular flexibility index (Phi) is 5.04. The van der Waals surface area contributed by atoms with Gasteiger partial charge in [0.15, 0.2) is 0 Å². The monoisotopic (exact) mass is 339 g/mol. The summed E-state index contributed by atoms with van der Waals surface area (Å²) in [5.74, 6) is 2.03. The minimum absolute atomic E-state index is 0.507. The summed E-state index contributed by atoms with van der Waals surface area (Å²) in [6.07, 6.45) is 3.50. The highest BCUT2D eigenvalue weighted by Crippen LogP contribution is 2.35. The van der Waals surface area contributed by atoms with Gasteiger partial charge in [-0.25, -0.2) is 9.97 Å². The van der Waals surface area contributed by atoms with Crippen LogP contribution in [0.25, 0.3) is 0 Å². The average Bonchev–Trinajstić information content (AvgIpc) is 2.44. The molecule has 0 spiro atoms. The van der Waals surface area contributed by atoms with Gasteiger partial charge in [0.05, 0.1) is 0 Å². The summed E-state index contributed by atoms with van der Waals surface area (Å²) < 4.78 is 6.59. The van der Waals surface area contributed by atoms with Crippen LogP contribution in [-0.4, -0.2) is 22.8 Å². The van der Waals surface area contributed by atoms with Crippen LogP contribution in [0.1, 0.15) is 6.92 Å². The Morgan fingerprint density at radius 2 is 2.11 bits per heavy atom. The Bertz CT molecular complexity index is 565. The lowest BCUT2D eigenvalue weighted by atomic mass is 10.3. The molecular weight excluding hydrogens is 326 g/mol. The summed E-state index contributed by atoms with van der Waals surface area (Å²) in [6, 6.07) is 7.86. The number of rotatable bonds is 5. The molecule has 0 unspecified atom stereocenters. The third kappa shape index (κ3) is 3.39. The standard InChI is InChI=1S/C13H14BrN3OS/c1-3-15-12-11(14)13(17-8-16-12)18-9-6-4-5-7-10(9)19-2/h4-8H,3H2,1-2H3,(H,15,16,17). The average molecular weight is 340 g/mol. The molecule has 0 radical (unpaired) electrons. The number of halogens is 1. The second-order valence-corrected chi connectivity index (χ2v) is 5.27. The summed E-state index contributed by atoms with van der Waals surface area (Å²) >= 11 is 5.10. The summed E-state index contributed by atoms with van der Waals surface area (Å²) in [7, 11) is 0. The van der Waals surface area contributed by atoms with Crippen LogP contribution in [0.5, 0.6) is 11.6 Å². The maximum atomic E-state index is 5.86. The summed E-state index contributed by atoms with van der Waals surface area (Å²) in [5, 5.41) is 3.15. The molecule has 100 valence electrons. The van der Waals surface area contributed by atoms with E-state index in [4.69, 9.17) is 4.74 Å². The first-order chi connectivity index (χ1) is 9.26. The Morgan fingerprint density at radius 3 is 2.84 bits per heavy atom. The van der Waals surface area contributed by atoms with Crippen molar-refractivity contribution in [3.63, 3.8) is 0 Å². The number of anilines is 1. The van der Waals surface area contributed by atoms with Crippen molar-refractivity contribution in [3.8, 4) is 11.6 Å². The number of hydrogen-bond donors (Lipinski definition) is 1. The van der Waals surface area contributed by atoms with Crippen LogP contribution in [-0.2, 0) is 0 Å². The van der Waals surface area contributed by atoms with Crippen LogP contribution in [0.3, 0.4) is 0 Å². The maximum Gasteiger partial charge on any atom is 0.238 e. The number of nitrogens with zero attached hydrogens (tertiary/aromatic N) is 2. The van der Waals surface area contributed by atoms with Gasteiger partial charge in [-0.05, 0) is 41.2 Å². The second kappa shape index (κ2) is 6.77. The van der Waals surface area contributed by atoms with E-state index in [0.29, 0.717) is 5.88 Å². The van der Waals surface area contributed by atoms with Crippen molar-refractivity contribution in [1.29, 1.82) is 0 Å². The van der Waals surface area contributed by atoms with E-state index in [0.717, 1.165) is 27.5 Å². The fourth-order valence-electron chi connectivity index (χ4n) is 1.52. The van der Waals surface area contributed by atoms with Crippen LogP contribution in [0.15, 0.2) is 40.0 Å². The highest BCUT2D eigenvalue weighted by atomic mass is 79.9. The van der Waals surface area contributed by atoms with Gasteiger partial charge < -0.3 is 10.1 Å². The molecule has 0 bridgehead atoms. The Hall–Kier alpha value is -1.27. The van der Waals surface area contributed by atoms with E-state index < -0.39 is 0 Å². The SMILES string of the molecule is CCNc1ncnc(Oc2ccccc2SC)c1Br. The molecule has 2 rings (SSSR count). The van der Waals surface area contributed by atoms with Crippen molar-refractivity contribution in [2.45, 2.75) is 11.8 Å². The molecule has 0 amide bonds. The van der Waals surface area contributed by atoms with Crippen LogP contribution >= 0.6 is 27.7 Å². The molecule has 0 fully saturated rings. The summed E-state index contributed by atoms with van der Waals surface area (Å²) in [5.41, 5.74) is 0. The van der Waals surface area contributed by atoms with Crippen LogP contribution in [0.4, 0.5) is 5.82 Å². The van der Waals surface area contributed by atoms with Crippen molar-refractivity contribution in [2.24, 2.45) is 0 Å². The van der Waals surface area contributed by atoms with Gasteiger partial charge in [0, 0.05) is 11.4 Å². The molecule has 1 aromatic heterocycles. The van der Waals surface area contributed by atoms with E-state index in [9.17, 15) is 0 Å². The van der Waals surface area contributed by atoms with Gasteiger partial charge in [-0.3, -0.25) is 0 Å². The zero-order valence-corrected chi connectivity index (χ0v) is 13.1. The molecule has 1 N–H and O–H groups in total. The Balaban J connectivity index is 2.30. The fourth-order valence-corrected chi connectivity index (χ4v) is 2.47. The Morgan fingerprint density at radius 1 is 1.32 bits per heavy atom. The number of benzene rings is 1. The van der Waals surface area contributed by atoms with Gasteiger partial charge >= 0.3 is 0 Å². The number of thioether (sulfide) groups is 1. The predicted octanol–water partition coefficient (Wildman–Crippen LogP) is 4.19. The molecule has 1 aromatic carbocycles. The second-order valence-electron chi connectivity index (χ2n) is 3.62. The first-order valence-corrected chi connectivity index (χ1v) is 7.83. The first kappa shape index (κ1) is 14.1. The number of para-hydroxylation sites is 1. The van der Waals surface area contributed by atoms with Gasteiger partial charge in [0.2, 0.25) is 5.88 Å². The van der Waals surface area contributed by atoms with Gasteiger partial charge in [-0.15, -0.1) is 11.8 Å². The quantitative estimate of drug-likeness (QED) is 0.827. The lowest BCUT2D eigenvalue weighted by Gasteiger charge is -2.11. The minimum Gasteiger partial charge on any atom is -0.436 e. The van der Waals surface area contributed by atoms with Gasteiger partial charge in [0.25, 0.3) is 0 Å². The molecule has 0 saturated carbocycles. The van der Waals surface area contributed by atoms with Crippen molar-refractivity contribution in [1.82, 2.24) is 9.97 Å². The highest BCUT2D eigenvalue weighted by Gasteiger charge is 2.11. The zero-order valence-electron chi connectivity index (χ0n) is 10.7. The van der Waals surface area contributed by atoms with Gasteiger partial charge in [-0.2, -0.15) is 0 Å². The number of ether oxygens (including phenoxy) is 1. The fraction of sp³-hybridized carbons (Fsp3) is 0.231. The molecule has 0 aliphatic rings. The normalized spacial score (nSPS) is 10.3. The van der Waals surface area contributed by atoms with Crippen LogP contribution in [0.2, 0.25) is 0 Å². The minimum atomic E-state index is 0.507. The van der Waals surface area contributed by atoms with E-state index in [1.165, 1.54) is 6.33 Å². The van der Waals surface area contributed by atoms with E-state index >= 15 is 0 Å². The summed E-state index contributed by atoms with van der Waals surface area (Å²) in [4.78, 5) is 9.39. The van der Waals surface area contributed by atoms with E-state index in [1.54, 1.807) is 11.8 Å². The molecule has 4 nitrogen and oxygen atoms in total. The molecule has 0 atom stereocenters. The third-order valence-corrected chi connectivity index (χ3v) is 3.87. The molecule has 0 aliphatic carbocycles. The molecule has 1 heterocycles. The van der Waals surface area contributed by atoms with E-state index in [-0.39, 0.29) is 0 Å². The predicted molar refractivity (Wildman–Crippen MR) is 82.2 cm³/mol. The lowest BCUT2D eigenvalue weighted by Crippen LogP contribution is -2.02. The molecule has 19 heavy (non-hydrogen) atoms. The van der Waals surface area contributed by atoms with E-state index in [2.05, 4.69) is 31.2 Å². The zero-order chi connectivity index (χ0) is 13.7. The van der Waals surface area contributed by atoms with Crippen LogP contribution < -0.4 is 10.1 Å². The molecule has 0 saturated heterocycles. The Labute approximate surface area is 125 Å². The van der Waals surface area contributed by atoms with Crippen molar-refractivity contribution >= 4 is 33.5 Å². The smallest absolute Gasteiger partial charge is 0.238 e. The van der Waals surface area contributed by atoms with Crippen LogP contribution in [0, 0.1) is 0 Å². The van der Waals surface area contributed by atoms with Gasteiger partial charge in [-0.1, -0.05) is 12.1 Å². The number of aromatic nitrogens is 2. The van der Waals surface area contributed by atoms with Crippen molar-refractivity contribution in [2.75, 3.05) is 18.1 Å². The van der Waals surface area contributed by atoms with E-state index in [1.807, 2.05) is 37.4 Å². The van der Waals surface area contributed by atoms with Crippen molar-refractivity contribution in [3.05, 3.63) is 35.1 Å². The summed E-state index contributed by atoms with van der Waals surface area (Å²) in [6.45, 7) is 2.80. The van der Waals surface area contributed by atoms with Crippen molar-refractivity contribution < 1.29 is 4.74 Å². The molecular formula is C13H14BrN3OS. The largest absolute Gasteiger partial charge is 0.436 e. The highest BCUT2D eigenvalue weighted by molar-refractivity contribution is 9.10. The molecule has 6 heteroatoms. The molecule has 0 aliphatic heterocycles. The third-order valence-electron chi connectivity index (χ3n) is 2.38. The molecule has 2 aromatic rings. The number of hydrogen-bond acceptors (Lipinski definition) is 5. The lowest BCUT2D eigenvalue weighted by molar-refractivity contribution is 0.448. The first-order valence-electron chi connectivity index (χ1n) is 5.81. The maximum absolute atomic E-state index is 5.86. The number of nitrogens with one attached hydrogen (secondary N) is 1. The topological polar surface area (TPSA) is 47.0 Å².